The third kappa shape index (κ3) is 2.56. The first-order valence-corrected chi connectivity index (χ1v) is 6.67. The Labute approximate surface area is 125 Å². The van der Waals surface area contributed by atoms with Gasteiger partial charge in [-0.25, -0.2) is 0 Å². The number of benzene rings is 2. The van der Waals surface area contributed by atoms with Crippen LogP contribution in [-0.2, 0) is 0 Å². The molecule has 3 rings (SSSR count). The highest BCUT2D eigenvalue weighted by atomic mass is 16.3. The van der Waals surface area contributed by atoms with E-state index < -0.39 is 11.3 Å². The van der Waals surface area contributed by atoms with Crippen LogP contribution in [0.2, 0.25) is 0 Å². The second kappa shape index (κ2) is 5.37. The molecular weight excluding hydrogens is 282 g/mol. The van der Waals surface area contributed by atoms with Gasteiger partial charge in [0.2, 0.25) is 5.43 Å². The molecule has 2 N–H and O–H groups in total. The Morgan fingerprint density at radius 3 is 2.59 bits per heavy atom. The molecule has 22 heavy (non-hydrogen) atoms. The Kier molecular flexibility index (Phi) is 3.39. The van der Waals surface area contributed by atoms with Gasteiger partial charge in [0.05, 0.1) is 5.39 Å². The summed E-state index contributed by atoms with van der Waals surface area (Å²) in [5, 5.41) is 12.3. The van der Waals surface area contributed by atoms with Gasteiger partial charge in [-0.1, -0.05) is 17.7 Å². The summed E-state index contributed by atoms with van der Waals surface area (Å²) < 4.78 is 5.28. The number of carbonyl (C=O) groups is 1. The highest BCUT2D eigenvalue weighted by Crippen LogP contribution is 2.18. The van der Waals surface area contributed by atoms with E-state index in [4.69, 9.17) is 4.42 Å². The smallest absolute Gasteiger partial charge is 0.262 e. The van der Waals surface area contributed by atoms with Crippen molar-refractivity contribution in [3.8, 4) is 5.75 Å². The third-order valence-corrected chi connectivity index (χ3v) is 3.31. The van der Waals surface area contributed by atoms with E-state index in [0.29, 0.717) is 11.3 Å². The molecule has 0 unspecified atom stereocenters. The fraction of sp³-hybridized carbons (Fsp3) is 0.0588. The van der Waals surface area contributed by atoms with Gasteiger partial charge in [-0.2, -0.15) is 0 Å². The lowest BCUT2D eigenvalue weighted by Crippen LogP contribution is -2.21. The quantitative estimate of drug-likeness (QED) is 0.761. The van der Waals surface area contributed by atoms with Crippen molar-refractivity contribution >= 4 is 22.6 Å². The van der Waals surface area contributed by atoms with Gasteiger partial charge in [0.15, 0.2) is 0 Å². The maximum Gasteiger partial charge on any atom is 0.262 e. The van der Waals surface area contributed by atoms with Gasteiger partial charge in [0.1, 0.15) is 23.2 Å². The highest BCUT2D eigenvalue weighted by Gasteiger charge is 2.15. The average molecular weight is 295 g/mol. The summed E-state index contributed by atoms with van der Waals surface area (Å²) in [5.74, 6) is -0.612. The van der Waals surface area contributed by atoms with Gasteiger partial charge in [-0.15, -0.1) is 0 Å². The first-order valence-electron chi connectivity index (χ1n) is 6.67. The maximum absolute atomic E-state index is 12.3. The summed E-state index contributed by atoms with van der Waals surface area (Å²) in [5.41, 5.74) is 1.37. The molecule has 0 spiro atoms. The van der Waals surface area contributed by atoms with Gasteiger partial charge < -0.3 is 14.8 Å². The van der Waals surface area contributed by atoms with Crippen LogP contribution in [0.4, 0.5) is 5.69 Å². The number of amides is 1. The van der Waals surface area contributed by atoms with E-state index in [0.717, 1.165) is 11.8 Å². The molecule has 1 heterocycles. The van der Waals surface area contributed by atoms with E-state index in [1.165, 1.54) is 18.2 Å². The molecule has 0 fully saturated rings. The number of anilines is 1. The van der Waals surface area contributed by atoms with E-state index in [-0.39, 0.29) is 16.7 Å². The molecule has 0 saturated carbocycles. The number of hydrogen-bond acceptors (Lipinski definition) is 4. The average Bonchev–Trinajstić information content (AvgIpc) is 2.50. The number of aromatic hydroxyl groups is 1. The van der Waals surface area contributed by atoms with E-state index in [1.807, 2.05) is 19.1 Å². The summed E-state index contributed by atoms with van der Waals surface area (Å²) >= 11 is 0. The zero-order valence-corrected chi connectivity index (χ0v) is 11.8. The lowest BCUT2D eigenvalue weighted by Gasteiger charge is -2.06. The van der Waals surface area contributed by atoms with Crippen LogP contribution in [0, 0.1) is 6.92 Å². The van der Waals surface area contributed by atoms with E-state index >= 15 is 0 Å². The SMILES string of the molecule is Cc1ccc(NC(=O)c2coc3ccc(O)cc3c2=O)cc1. The molecule has 5 heteroatoms. The van der Waals surface area contributed by atoms with Crippen molar-refractivity contribution in [3.63, 3.8) is 0 Å². The van der Waals surface area contributed by atoms with Crippen LogP contribution in [-0.4, -0.2) is 11.0 Å². The van der Waals surface area contributed by atoms with Crippen LogP contribution in [0.1, 0.15) is 15.9 Å². The van der Waals surface area contributed by atoms with Crippen molar-refractivity contribution in [2.24, 2.45) is 0 Å². The van der Waals surface area contributed by atoms with Crippen LogP contribution in [0.25, 0.3) is 11.0 Å². The predicted molar refractivity (Wildman–Crippen MR) is 83.3 cm³/mol. The fourth-order valence-electron chi connectivity index (χ4n) is 2.11. The van der Waals surface area contributed by atoms with Crippen molar-refractivity contribution in [2.45, 2.75) is 6.92 Å². The number of phenolic OH excluding ortho intramolecular Hbond substituents is 1. The van der Waals surface area contributed by atoms with Gasteiger partial charge in [-0.05, 0) is 37.3 Å². The second-order valence-corrected chi connectivity index (χ2v) is 4.98. The Balaban J connectivity index is 1.99. The van der Waals surface area contributed by atoms with Crippen molar-refractivity contribution in [2.75, 3.05) is 5.32 Å². The largest absolute Gasteiger partial charge is 0.508 e. The fourth-order valence-corrected chi connectivity index (χ4v) is 2.11. The normalized spacial score (nSPS) is 10.6. The van der Waals surface area contributed by atoms with Crippen LogP contribution in [0.3, 0.4) is 0 Å². The number of rotatable bonds is 2. The Hall–Kier alpha value is -3.08. The molecular formula is C17H13NO4. The molecule has 0 atom stereocenters. The van der Waals surface area contributed by atoms with Gasteiger partial charge in [0.25, 0.3) is 5.91 Å². The number of nitrogens with one attached hydrogen (secondary N) is 1. The molecule has 0 aliphatic heterocycles. The summed E-state index contributed by atoms with van der Waals surface area (Å²) in [6.07, 6.45) is 1.13. The van der Waals surface area contributed by atoms with Crippen molar-refractivity contribution < 1.29 is 14.3 Å². The highest BCUT2D eigenvalue weighted by molar-refractivity contribution is 6.05. The van der Waals surface area contributed by atoms with Gasteiger partial charge in [0, 0.05) is 5.69 Å². The monoisotopic (exact) mass is 295 g/mol. The minimum absolute atomic E-state index is 0.0594. The molecule has 2 aromatic carbocycles. The van der Waals surface area contributed by atoms with Crippen molar-refractivity contribution in [3.05, 3.63) is 70.1 Å². The Morgan fingerprint density at radius 1 is 1.14 bits per heavy atom. The molecule has 110 valence electrons. The molecule has 5 nitrogen and oxygen atoms in total. The summed E-state index contributed by atoms with van der Waals surface area (Å²) in [6, 6.07) is 11.4. The van der Waals surface area contributed by atoms with Crippen molar-refractivity contribution in [1.82, 2.24) is 0 Å². The molecule has 1 amide bonds. The van der Waals surface area contributed by atoms with E-state index in [1.54, 1.807) is 12.1 Å². The summed E-state index contributed by atoms with van der Waals surface area (Å²) in [6.45, 7) is 1.94. The van der Waals surface area contributed by atoms with Gasteiger partial charge >= 0.3 is 0 Å². The topological polar surface area (TPSA) is 79.5 Å². The molecule has 1 aromatic heterocycles. The first kappa shape index (κ1) is 13.9. The Morgan fingerprint density at radius 2 is 1.86 bits per heavy atom. The number of fused-ring (bicyclic) bond motifs is 1. The minimum Gasteiger partial charge on any atom is -0.508 e. The lowest BCUT2D eigenvalue weighted by atomic mass is 10.1. The standard InChI is InChI=1S/C17H13NO4/c1-10-2-4-11(5-3-10)18-17(21)14-9-22-15-7-6-12(19)8-13(15)16(14)20/h2-9,19H,1H3,(H,18,21). The second-order valence-electron chi connectivity index (χ2n) is 4.98. The maximum atomic E-state index is 12.3. The Bertz CT molecular complexity index is 910. The lowest BCUT2D eigenvalue weighted by molar-refractivity contribution is 0.102. The van der Waals surface area contributed by atoms with Crippen LogP contribution >= 0.6 is 0 Å². The van der Waals surface area contributed by atoms with Gasteiger partial charge in [-0.3, -0.25) is 9.59 Å². The number of phenols is 1. The predicted octanol–water partition coefficient (Wildman–Crippen LogP) is 3.06. The number of aryl methyl sites for hydroxylation is 1. The molecule has 0 bridgehead atoms. The third-order valence-electron chi connectivity index (χ3n) is 3.31. The zero-order chi connectivity index (χ0) is 15.7. The van der Waals surface area contributed by atoms with Crippen LogP contribution in [0.5, 0.6) is 5.75 Å². The molecule has 0 aliphatic carbocycles. The summed E-state index contributed by atoms with van der Waals surface area (Å²) in [7, 11) is 0. The van der Waals surface area contributed by atoms with Crippen molar-refractivity contribution in [1.29, 1.82) is 0 Å². The van der Waals surface area contributed by atoms with E-state index in [9.17, 15) is 14.7 Å². The zero-order valence-electron chi connectivity index (χ0n) is 11.8. The number of carbonyl (C=O) groups excluding carboxylic acids is 1. The molecule has 0 saturated heterocycles. The summed E-state index contributed by atoms with van der Waals surface area (Å²) in [4.78, 5) is 24.5. The first-order chi connectivity index (χ1) is 10.5. The molecule has 0 radical (unpaired) electrons. The molecule has 0 aliphatic rings. The molecule has 3 aromatic rings. The van der Waals surface area contributed by atoms with Crippen LogP contribution in [0.15, 0.2) is 57.9 Å². The van der Waals surface area contributed by atoms with E-state index in [2.05, 4.69) is 5.32 Å². The minimum atomic E-state index is -0.553. The number of hydrogen-bond donors (Lipinski definition) is 2. The van der Waals surface area contributed by atoms with Crippen LogP contribution < -0.4 is 10.7 Å².